The number of rotatable bonds is 8. The van der Waals surface area contributed by atoms with Gasteiger partial charge in [0.2, 0.25) is 0 Å². The van der Waals surface area contributed by atoms with E-state index in [0.29, 0.717) is 37.5 Å². The highest BCUT2D eigenvalue weighted by atomic mass is 79.9. The van der Waals surface area contributed by atoms with Gasteiger partial charge in [0, 0.05) is 17.7 Å². The first-order valence-electron chi connectivity index (χ1n) is 8.70. The molecule has 160 valence electrons. The summed E-state index contributed by atoms with van der Waals surface area (Å²) in [5.41, 5.74) is 3.02. The summed E-state index contributed by atoms with van der Waals surface area (Å²) in [4.78, 5) is 22.2. The van der Waals surface area contributed by atoms with Gasteiger partial charge in [-0.2, -0.15) is 5.10 Å². The standard InChI is InChI=1S/C20H15Br2N3O6/c1-29-15-8-16(21)20(17(22)9-15)30-11-19(26)24-23-10-14-6-7-18(31-14)12-2-4-13(5-3-12)25(27)28/h2-10H,11H2,1H3,(H,24,26)/b23-10-. The number of hydrazone groups is 1. The lowest BCUT2D eigenvalue weighted by Crippen LogP contribution is -2.24. The van der Waals surface area contributed by atoms with Gasteiger partial charge in [-0.3, -0.25) is 14.9 Å². The number of methoxy groups -OCH3 is 1. The summed E-state index contributed by atoms with van der Waals surface area (Å²) in [5, 5.41) is 14.6. The van der Waals surface area contributed by atoms with Crippen molar-refractivity contribution in [2.24, 2.45) is 5.10 Å². The van der Waals surface area contributed by atoms with Crippen molar-refractivity contribution in [3.63, 3.8) is 0 Å². The molecule has 1 amide bonds. The van der Waals surface area contributed by atoms with E-state index < -0.39 is 10.8 Å². The molecule has 1 N–H and O–H groups in total. The monoisotopic (exact) mass is 551 g/mol. The quantitative estimate of drug-likeness (QED) is 0.241. The van der Waals surface area contributed by atoms with E-state index in [1.165, 1.54) is 18.3 Å². The molecule has 0 atom stereocenters. The van der Waals surface area contributed by atoms with Gasteiger partial charge in [0.15, 0.2) is 6.61 Å². The van der Waals surface area contributed by atoms with Crippen LogP contribution in [-0.4, -0.2) is 30.8 Å². The zero-order valence-corrected chi connectivity index (χ0v) is 19.2. The van der Waals surface area contributed by atoms with E-state index in [1.54, 1.807) is 43.5 Å². The van der Waals surface area contributed by atoms with Gasteiger partial charge in [0.25, 0.3) is 11.6 Å². The number of non-ortho nitro benzene ring substituents is 1. The van der Waals surface area contributed by atoms with Gasteiger partial charge in [0.1, 0.15) is 23.0 Å². The molecule has 2 aromatic carbocycles. The maximum absolute atomic E-state index is 12.0. The number of halogens is 2. The van der Waals surface area contributed by atoms with Crippen LogP contribution in [0.5, 0.6) is 11.5 Å². The third-order valence-electron chi connectivity index (χ3n) is 3.93. The molecule has 1 heterocycles. The average molecular weight is 553 g/mol. The second-order valence-electron chi connectivity index (χ2n) is 6.01. The molecule has 0 fully saturated rings. The number of nitrogens with zero attached hydrogens (tertiary/aromatic N) is 2. The van der Waals surface area contributed by atoms with Crippen LogP contribution >= 0.6 is 31.9 Å². The van der Waals surface area contributed by atoms with Gasteiger partial charge < -0.3 is 13.9 Å². The Morgan fingerprint density at radius 1 is 1.19 bits per heavy atom. The summed E-state index contributed by atoms with van der Waals surface area (Å²) in [7, 11) is 1.55. The lowest BCUT2D eigenvalue weighted by atomic mass is 10.1. The Labute approximate surface area is 193 Å². The molecule has 0 aliphatic heterocycles. The summed E-state index contributed by atoms with van der Waals surface area (Å²) < 4.78 is 17.5. The summed E-state index contributed by atoms with van der Waals surface area (Å²) in [6.45, 7) is -0.257. The number of hydrogen-bond acceptors (Lipinski definition) is 7. The highest BCUT2D eigenvalue weighted by Gasteiger charge is 2.12. The molecule has 11 heteroatoms. The van der Waals surface area contributed by atoms with E-state index in [2.05, 4.69) is 42.4 Å². The van der Waals surface area contributed by atoms with Gasteiger partial charge in [-0.05, 0) is 68.3 Å². The fourth-order valence-corrected chi connectivity index (χ4v) is 3.83. The molecule has 0 spiro atoms. The topological polar surface area (TPSA) is 116 Å². The molecular formula is C20H15Br2N3O6. The van der Waals surface area contributed by atoms with Crippen molar-refractivity contribution in [1.82, 2.24) is 5.43 Å². The molecule has 1 aromatic heterocycles. The zero-order chi connectivity index (χ0) is 22.4. The summed E-state index contributed by atoms with van der Waals surface area (Å²) >= 11 is 6.73. The van der Waals surface area contributed by atoms with Crippen LogP contribution in [0.15, 0.2) is 67.0 Å². The Morgan fingerprint density at radius 3 is 2.48 bits per heavy atom. The molecule has 0 saturated heterocycles. The van der Waals surface area contributed by atoms with Crippen LogP contribution in [0.4, 0.5) is 5.69 Å². The van der Waals surface area contributed by atoms with Crippen molar-refractivity contribution in [1.29, 1.82) is 0 Å². The molecule has 0 aliphatic rings. The first-order chi connectivity index (χ1) is 14.9. The Bertz CT molecular complexity index is 1110. The highest BCUT2D eigenvalue weighted by molar-refractivity contribution is 9.11. The van der Waals surface area contributed by atoms with Crippen molar-refractivity contribution < 1.29 is 23.6 Å². The molecular weight excluding hydrogens is 538 g/mol. The highest BCUT2D eigenvalue weighted by Crippen LogP contribution is 2.37. The predicted molar refractivity (Wildman–Crippen MR) is 120 cm³/mol. The Balaban J connectivity index is 1.54. The van der Waals surface area contributed by atoms with E-state index in [1.807, 2.05) is 0 Å². The van der Waals surface area contributed by atoms with Gasteiger partial charge in [-0.1, -0.05) is 0 Å². The molecule has 0 bridgehead atoms. The number of benzene rings is 2. The van der Waals surface area contributed by atoms with Gasteiger partial charge in [-0.15, -0.1) is 0 Å². The molecule has 0 unspecified atom stereocenters. The Kier molecular flexibility index (Phi) is 7.42. The van der Waals surface area contributed by atoms with E-state index in [-0.39, 0.29) is 12.3 Å². The second-order valence-corrected chi connectivity index (χ2v) is 7.72. The van der Waals surface area contributed by atoms with Crippen LogP contribution in [0.1, 0.15) is 5.76 Å². The van der Waals surface area contributed by atoms with E-state index in [4.69, 9.17) is 13.9 Å². The molecule has 3 aromatic rings. The van der Waals surface area contributed by atoms with Crippen LogP contribution in [0.25, 0.3) is 11.3 Å². The van der Waals surface area contributed by atoms with Crippen molar-refractivity contribution in [2.75, 3.05) is 13.7 Å². The number of nitro benzene ring substituents is 1. The van der Waals surface area contributed by atoms with Crippen molar-refractivity contribution in [2.45, 2.75) is 0 Å². The van der Waals surface area contributed by atoms with E-state index >= 15 is 0 Å². The molecule has 31 heavy (non-hydrogen) atoms. The molecule has 3 rings (SSSR count). The largest absolute Gasteiger partial charge is 0.497 e. The summed E-state index contributed by atoms with van der Waals surface area (Å²) in [5.74, 6) is 1.54. The third kappa shape index (κ3) is 5.92. The third-order valence-corrected chi connectivity index (χ3v) is 5.10. The zero-order valence-electron chi connectivity index (χ0n) is 16.0. The number of carbonyl (C=O) groups excluding carboxylic acids is 1. The Morgan fingerprint density at radius 2 is 1.87 bits per heavy atom. The number of amides is 1. The Hall–Kier alpha value is -3.18. The van der Waals surface area contributed by atoms with Crippen molar-refractivity contribution >= 4 is 49.7 Å². The molecule has 9 nitrogen and oxygen atoms in total. The van der Waals surface area contributed by atoms with Crippen molar-refractivity contribution in [3.8, 4) is 22.8 Å². The van der Waals surface area contributed by atoms with Crippen LogP contribution in [0, 0.1) is 10.1 Å². The van der Waals surface area contributed by atoms with Gasteiger partial charge in [-0.25, -0.2) is 5.43 Å². The number of nitro groups is 1. The lowest BCUT2D eigenvalue weighted by molar-refractivity contribution is -0.384. The number of carbonyl (C=O) groups is 1. The van der Waals surface area contributed by atoms with Crippen LogP contribution in [-0.2, 0) is 4.79 Å². The molecule has 0 saturated carbocycles. The van der Waals surface area contributed by atoms with Crippen molar-refractivity contribution in [3.05, 3.63) is 73.4 Å². The minimum Gasteiger partial charge on any atom is -0.497 e. The SMILES string of the molecule is COc1cc(Br)c(OCC(=O)N/N=C\c2ccc(-c3ccc([N+](=O)[O-])cc3)o2)c(Br)c1. The van der Waals surface area contributed by atoms with Gasteiger partial charge >= 0.3 is 0 Å². The smallest absolute Gasteiger partial charge is 0.277 e. The first-order valence-corrected chi connectivity index (χ1v) is 10.3. The normalized spacial score (nSPS) is 10.8. The first kappa shape index (κ1) is 22.5. The maximum atomic E-state index is 12.0. The summed E-state index contributed by atoms with van der Waals surface area (Å²) in [6.07, 6.45) is 1.34. The average Bonchev–Trinajstić information content (AvgIpc) is 3.22. The van der Waals surface area contributed by atoms with Crippen LogP contribution in [0.3, 0.4) is 0 Å². The van der Waals surface area contributed by atoms with Crippen LogP contribution in [0.2, 0.25) is 0 Å². The number of ether oxygens (including phenoxy) is 2. The predicted octanol–water partition coefficient (Wildman–Crippen LogP) is 4.92. The van der Waals surface area contributed by atoms with E-state index in [9.17, 15) is 14.9 Å². The van der Waals surface area contributed by atoms with Crippen LogP contribution < -0.4 is 14.9 Å². The molecule has 0 radical (unpaired) electrons. The lowest BCUT2D eigenvalue weighted by Gasteiger charge is -2.11. The minimum atomic E-state index is -0.470. The fourth-order valence-electron chi connectivity index (χ4n) is 2.46. The number of hydrogen-bond donors (Lipinski definition) is 1. The number of furan rings is 1. The second kappa shape index (κ2) is 10.2. The summed E-state index contributed by atoms with van der Waals surface area (Å²) in [6, 6.07) is 12.8. The fraction of sp³-hybridized carbons (Fsp3) is 0.100. The van der Waals surface area contributed by atoms with Gasteiger partial charge in [0.05, 0.1) is 27.2 Å². The molecule has 0 aliphatic carbocycles. The van der Waals surface area contributed by atoms with E-state index in [0.717, 1.165) is 0 Å². The number of nitrogens with one attached hydrogen (secondary N) is 1. The maximum Gasteiger partial charge on any atom is 0.277 e. The minimum absolute atomic E-state index is 0.00396.